The fraction of sp³-hybridized carbons (Fsp3) is 0.643. The Balaban J connectivity index is 1.67. The molecule has 4 heteroatoms. The van der Waals surface area contributed by atoms with Gasteiger partial charge in [0.25, 0.3) is 5.91 Å². The Bertz CT molecular complexity index is 428. The molecule has 1 amide bonds. The second-order valence-corrected chi connectivity index (χ2v) is 5.46. The lowest BCUT2D eigenvalue weighted by atomic mass is 9.92. The van der Waals surface area contributed by atoms with Gasteiger partial charge in [0.1, 0.15) is 6.26 Å². The highest BCUT2D eigenvalue weighted by atomic mass is 16.5. The summed E-state index contributed by atoms with van der Waals surface area (Å²) in [5, 5.41) is 0. The predicted molar refractivity (Wildman–Crippen MR) is 66.3 cm³/mol. The minimum absolute atomic E-state index is 0.0594. The van der Waals surface area contributed by atoms with Crippen molar-refractivity contribution in [3.05, 3.63) is 24.2 Å². The number of amides is 1. The van der Waals surface area contributed by atoms with Gasteiger partial charge in [0.15, 0.2) is 0 Å². The van der Waals surface area contributed by atoms with E-state index in [0.717, 1.165) is 39.0 Å². The van der Waals surface area contributed by atoms with Gasteiger partial charge < -0.3 is 14.1 Å². The second kappa shape index (κ2) is 4.43. The molecule has 2 aliphatic rings. The van der Waals surface area contributed by atoms with Crippen molar-refractivity contribution in [3.8, 4) is 0 Å². The highest BCUT2D eigenvalue weighted by Crippen LogP contribution is 2.39. The van der Waals surface area contributed by atoms with Crippen LogP contribution in [0.3, 0.4) is 0 Å². The zero-order chi connectivity index (χ0) is 12.6. The largest absolute Gasteiger partial charge is 0.472 e. The number of hydrogen-bond donors (Lipinski definition) is 0. The molecule has 1 spiro atoms. The third-order valence-corrected chi connectivity index (χ3v) is 4.23. The summed E-state index contributed by atoms with van der Waals surface area (Å²) < 4.78 is 11.0. The Morgan fingerprint density at radius 1 is 1.61 bits per heavy atom. The molecule has 1 aromatic heterocycles. The third kappa shape index (κ3) is 1.94. The molecule has 2 saturated heterocycles. The monoisotopic (exact) mass is 249 g/mol. The molecular formula is C14H19NO3. The van der Waals surface area contributed by atoms with Gasteiger partial charge in [0, 0.05) is 6.54 Å². The van der Waals surface area contributed by atoms with Crippen LogP contribution in [0.5, 0.6) is 0 Å². The number of nitrogens with zero attached hydrogens (tertiary/aromatic N) is 1. The van der Waals surface area contributed by atoms with Crippen molar-refractivity contribution in [3.63, 3.8) is 0 Å². The minimum Gasteiger partial charge on any atom is -0.472 e. The average molecular weight is 249 g/mol. The van der Waals surface area contributed by atoms with Crippen LogP contribution in [0, 0.1) is 5.92 Å². The van der Waals surface area contributed by atoms with Crippen molar-refractivity contribution in [2.75, 3.05) is 19.7 Å². The molecule has 2 unspecified atom stereocenters. The summed E-state index contributed by atoms with van der Waals surface area (Å²) >= 11 is 0. The van der Waals surface area contributed by atoms with Gasteiger partial charge in [-0.05, 0) is 24.8 Å². The highest BCUT2D eigenvalue weighted by molar-refractivity contribution is 5.94. The maximum atomic E-state index is 12.2. The highest BCUT2D eigenvalue weighted by Gasteiger charge is 2.46. The number of rotatable bonds is 2. The third-order valence-electron chi connectivity index (χ3n) is 4.23. The Morgan fingerprint density at radius 3 is 3.17 bits per heavy atom. The first-order chi connectivity index (χ1) is 8.72. The average Bonchev–Trinajstić information content (AvgIpc) is 3.10. The molecule has 0 saturated carbocycles. The molecule has 2 atom stereocenters. The molecular weight excluding hydrogens is 230 g/mol. The van der Waals surface area contributed by atoms with Crippen molar-refractivity contribution in [1.29, 1.82) is 0 Å². The quantitative estimate of drug-likeness (QED) is 0.807. The van der Waals surface area contributed by atoms with E-state index in [9.17, 15) is 4.79 Å². The molecule has 2 aliphatic heterocycles. The lowest BCUT2D eigenvalue weighted by Crippen LogP contribution is -2.35. The number of carbonyl (C=O) groups excluding carboxylic acids is 1. The van der Waals surface area contributed by atoms with E-state index in [1.54, 1.807) is 6.07 Å². The molecule has 4 nitrogen and oxygen atoms in total. The van der Waals surface area contributed by atoms with Gasteiger partial charge in [-0.3, -0.25) is 4.79 Å². The van der Waals surface area contributed by atoms with Crippen LogP contribution in [0.4, 0.5) is 0 Å². The maximum Gasteiger partial charge on any atom is 0.257 e. The van der Waals surface area contributed by atoms with Crippen molar-refractivity contribution in [2.24, 2.45) is 5.92 Å². The van der Waals surface area contributed by atoms with E-state index in [-0.39, 0.29) is 11.5 Å². The first-order valence-electron chi connectivity index (χ1n) is 6.68. The summed E-state index contributed by atoms with van der Waals surface area (Å²) in [4.78, 5) is 14.1. The first-order valence-corrected chi connectivity index (χ1v) is 6.68. The number of hydrogen-bond acceptors (Lipinski definition) is 3. The molecule has 98 valence electrons. The van der Waals surface area contributed by atoms with E-state index >= 15 is 0 Å². The molecule has 2 fully saturated rings. The topological polar surface area (TPSA) is 42.7 Å². The van der Waals surface area contributed by atoms with E-state index < -0.39 is 0 Å². The van der Waals surface area contributed by atoms with Crippen LogP contribution in [0.1, 0.15) is 36.5 Å². The smallest absolute Gasteiger partial charge is 0.257 e. The van der Waals surface area contributed by atoms with Crippen LogP contribution in [-0.2, 0) is 4.74 Å². The molecule has 0 bridgehead atoms. The van der Waals surface area contributed by atoms with Crippen LogP contribution >= 0.6 is 0 Å². The van der Waals surface area contributed by atoms with Crippen LogP contribution in [0.25, 0.3) is 0 Å². The number of furan rings is 1. The number of carbonyl (C=O) groups is 1. The van der Waals surface area contributed by atoms with E-state index in [0.29, 0.717) is 11.5 Å². The standard InChI is InChI=1S/C14H19NO3/c1-2-11-7-14(18-8-11)4-5-15(10-14)13(16)12-3-6-17-9-12/h3,6,9,11H,2,4-5,7-8,10H2,1H3. The molecule has 1 aromatic rings. The normalized spacial score (nSPS) is 31.4. The Hall–Kier alpha value is -1.29. The molecule has 0 aromatic carbocycles. The van der Waals surface area contributed by atoms with Gasteiger partial charge in [0.05, 0.1) is 30.6 Å². The lowest BCUT2D eigenvalue weighted by molar-refractivity contribution is 0.0116. The SMILES string of the molecule is CCC1COC2(CCN(C(=O)c3ccoc3)C2)C1. The van der Waals surface area contributed by atoms with Gasteiger partial charge in [-0.2, -0.15) is 0 Å². The first kappa shape index (κ1) is 11.8. The molecule has 0 aliphatic carbocycles. The van der Waals surface area contributed by atoms with Gasteiger partial charge in [-0.25, -0.2) is 0 Å². The Labute approximate surface area is 107 Å². The van der Waals surface area contributed by atoms with Crippen molar-refractivity contribution in [2.45, 2.75) is 31.8 Å². The summed E-state index contributed by atoms with van der Waals surface area (Å²) in [6, 6.07) is 1.72. The van der Waals surface area contributed by atoms with E-state index in [2.05, 4.69) is 6.92 Å². The van der Waals surface area contributed by atoms with Gasteiger partial charge in [-0.15, -0.1) is 0 Å². The zero-order valence-corrected chi connectivity index (χ0v) is 10.7. The van der Waals surface area contributed by atoms with Crippen molar-refractivity contribution < 1.29 is 13.9 Å². The molecule has 18 heavy (non-hydrogen) atoms. The fourth-order valence-electron chi connectivity index (χ4n) is 3.07. The molecule has 0 N–H and O–H groups in total. The van der Waals surface area contributed by atoms with Gasteiger partial charge in [0.2, 0.25) is 0 Å². The van der Waals surface area contributed by atoms with E-state index in [1.807, 2.05) is 4.90 Å². The molecule has 3 rings (SSSR count). The summed E-state index contributed by atoms with van der Waals surface area (Å²) in [7, 11) is 0. The molecule has 3 heterocycles. The lowest BCUT2D eigenvalue weighted by Gasteiger charge is -2.23. The van der Waals surface area contributed by atoms with Crippen molar-refractivity contribution in [1.82, 2.24) is 4.90 Å². The summed E-state index contributed by atoms with van der Waals surface area (Å²) in [6.07, 6.45) is 6.28. The van der Waals surface area contributed by atoms with Gasteiger partial charge in [-0.1, -0.05) is 13.3 Å². The van der Waals surface area contributed by atoms with Crippen molar-refractivity contribution >= 4 is 5.91 Å². The number of ether oxygens (including phenoxy) is 1. The summed E-state index contributed by atoms with van der Waals surface area (Å²) in [5.74, 6) is 0.721. The minimum atomic E-state index is -0.0694. The Kier molecular flexibility index (Phi) is 2.90. The van der Waals surface area contributed by atoms with Crippen LogP contribution in [-0.4, -0.2) is 36.1 Å². The van der Waals surface area contributed by atoms with Crippen LogP contribution in [0.15, 0.2) is 23.0 Å². The summed E-state index contributed by atoms with van der Waals surface area (Å²) in [6.45, 7) is 4.58. The predicted octanol–water partition coefficient (Wildman–Crippen LogP) is 2.31. The van der Waals surface area contributed by atoms with E-state index in [4.69, 9.17) is 9.15 Å². The fourth-order valence-corrected chi connectivity index (χ4v) is 3.07. The van der Waals surface area contributed by atoms with Crippen LogP contribution in [0.2, 0.25) is 0 Å². The van der Waals surface area contributed by atoms with E-state index in [1.165, 1.54) is 12.5 Å². The maximum absolute atomic E-state index is 12.2. The number of likely N-dealkylation sites (tertiary alicyclic amines) is 1. The van der Waals surface area contributed by atoms with Gasteiger partial charge >= 0.3 is 0 Å². The summed E-state index contributed by atoms with van der Waals surface area (Å²) in [5.41, 5.74) is 0.567. The molecule has 0 radical (unpaired) electrons. The van der Waals surface area contributed by atoms with Crippen LogP contribution < -0.4 is 0 Å². The Morgan fingerprint density at radius 2 is 2.50 bits per heavy atom. The zero-order valence-electron chi connectivity index (χ0n) is 10.7. The second-order valence-electron chi connectivity index (χ2n) is 5.46.